The molecule has 0 unspecified atom stereocenters. The first kappa shape index (κ1) is 15.8. The lowest BCUT2D eigenvalue weighted by Gasteiger charge is -2.12. The second-order valence-corrected chi connectivity index (χ2v) is 5.56. The number of imide groups is 1. The standard InChI is InChI=1S/C19H15NO4/c21-14(12-17(22)13-6-2-1-3-7-13)10-11-20-18(23)15-8-4-5-9-16(15)19(20)24/h1-9H,10-12H2. The minimum absolute atomic E-state index is 0.00670. The average Bonchev–Trinajstić information content (AvgIpc) is 2.85. The molecule has 0 bridgehead atoms. The predicted molar refractivity (Wildman–Crippen MR) is 86.8 cm³/mol. The molecule has 0 N–H and O–H groups in total. The summed E-state index contributed by atoms with van der Waals surface area (Å²) >= 11 is 0. The van der Waals surface area contributed by atoms with E-state index in [-0.39, 0.29) is 31.0 Å². The zero-order chi connectivity index (χ0) is 17.1. The van der Waals surface area contributed by atoms with Crippen LogP contribution in [0.4, 0.5) is 0 Å². The monoisotopic (exact) mass is 321 g/mol. The van der Waals surface area contributed by atoms with Gasteiger partial charge in [0.15, 0.2) is 5.78 Å². The molecule has 2 aromatic rings. The van der Waals surface area contributed by atoms with Crippen LogP contribution in [0.1, 0.15) is 43.9 Å². The summed E-state index contributed by atoms with van der Waals surface area (Å²) in [6.45, 7) is -0.00670. The van der Waals surface area contributed by atoms with E-state index in [0.29, 0.717) is 16.7 Å². The Morgan fingerprint density at radius 2 is 1.33 bits per heavy atom. The first-order chi connectivity index (χ1) is 11.6. The van der Waals surface area contributed by atoms with Crippen LogP contribution in [0.25, 0.3) is 0 Å². The Bertz CT molecular complexity index is 791. The number of carbonyl (C=O) groups excluding carboxylic acids is 4. The Morgan fingerprint density at radius 1 is 0.792 bits per heavy atom. The van der Waals surface area contributed by atoms with Crippen molar-refractivity contribution < 1.29 is 19.2 Å². The SMILES string of the molecule is O=C(CCN1C(=O)c2ccccc2C1=O)CC(=O)c1ccccc1. The quantitative estimate of drug-likeness (QED) is 0.465. The number of carbonyl (C=O) groups is 4. The van der Waals surface area contributed by atoms with Gasteiger partial charge in [0.2, 0.25) is 0 Å². The van der Waals surface area contributed by atoms with Gasteiger partial charge in [-0.2, -0.15) is 0 Å². The minimum atomic E-state index is -0.391. The average molecular weight is 321 g/mol. The summed E-state index contributed by atoms with van der Waals surface area (Å²) in [5.74, 6) is -1.33. The van der Waals surface area contributed by atoms with Crippen molar-refractivity contribution >= 4 is 23.4 Å². The highest BCUT2D eigenvalue weighted by atomic mass is 16.2. The highest BCUT2D eigenvalue weighted by molar-refractivity contribution is 6.21. The number of nitrogens with zero attached hydrogens (tertiary/aromatic N) is 1. The van der Waals surface area contributed by atoms with Gasteiger partial charge in [0, 0.05) is 18.5 Å². The molecule has 2 aromatic carbocycles. The Morgan fingerprint density at radius 3 is 1.92 bits per heavy atom. The topological polar surface area (TPSA) is 71.5 Å². The summed E-state index contributed by atoms with van der Waals surface area (Å²) in [5, 5.41) is 0. The summed E-state index contributed by atoms with van der Waals surface area (Å²) in [4.78, 5) is 49.4. The van der Waals surface area contributed by atoms with E-state index in [1.165, 1.54) is 0 Å². The maximum absolute atomic E-state index is 12.2. The summed E-state index contributed by atoms with van der Waals surface area (Å²) < 4.78 is 0. The highest BCUT2D eigenvalue weighted by Crippen LogP contribution is 2.22. The molecule has 120 valence electrons. The van der Waals surface area contributed by atoms with Crippen LogP contribution in [0, 0.1) is 0 Å². The summed E-state index contributed by atoms with van der Waals surface area (Å²) in [7, 11) is 0. The molecule has 0 fully saturated rings. The van der Waals surface area contributed by atoms with Gasteiger partial charge in [-0.3, -0.25) is 24.1 Å². The molecule has 2 amide bonds. The van der Waals surface area contributed by atoms with Crippen LogP contribution in [0.15, 0.2) is 54.6 Å². The number of fused-ring (bicyclic) bond motifs is 1. The van der Waals surface area contributed by atoms with Crippen molar-refractivity contribution in [1.82, 2.24) is 4.90 Å². The van der Waals surface area contributed by atoms with Crippen LogP contribution in [0.3, 0.4) is 0 Å². The van der Waals surface area contributed by atoms with Crippen molar-refractivity contribution in [1.29, 1.82) is 0 Å². The van der Waals surface area contributed by atoms with Crippen molar-refractivity contribution in [3.05, 3.63) is 71.3 Å². The predicted octanol–water partition coefficient (Wildman–Crippen LogP) is 2.51. The Labute approximate surface area is 138 Å². The van der Waals surface area contributed by atoms with Crippen molar-refractivity contribution in [2.45, 2.75) is 12.8 Å². The molecule has 0 atom stereocenters. The first-order valence-electron chi connectivity index (χ1n) is 7.63. The molecule has 0 saturated carbocycles. The lowest BCUT2D eigenvalue weighted by atomic mass is 10.0. The number of Topliss-reactive ketones (excluding diaryl/α,β-unsaturated/α-hetero) is 2. The fourth-order valence-corrected chi connectivity index (χ4v) is 2.67. The molecule has 0 saturated heterocycles. The zero-order valence-corrected chi connectivity index (χ0v) is 12.9. The molecule has 3 rings (SSSR count). The van der Waals surface area contributed by atoms with Crippen LogP contribution in [-0.2, 0) is 4.79 Å². The Kier molecular flexibility index (Phi) is 4.33. The van der Waals surface area contributed by atoms with Crippen molar-refractivity contribution in [3.63, 3.8) is 0 Å². The second kappa shape index (κ2) is 6.58. The number of hydrogen-bond donors (Lipinski definition) is 0. The van der Waals surface area contributed by atoms with Gasteiger partial charge in [0.1, 0.15) is 5.78 Å². The molecule has 1 aliphatic rings. The van der Waals surface area contributed by atoms with Gasteiger partial charge >= 0.3 is 0 Å². The van der Waals surface area contributed by atoms with Crippen LogP contribution >= 0.6 is 0 Å². The summed E-state index contributed by atoms with van der Waals surface area (Å²) in [6, 6.07) is 15.1. The molecule has 0 aromatic heterocycles. The maximum atomic E-state index is 12.2. The number of hydrogen-bond acceptors (Lipinski definition) is 4. The molecule has 0 spiro atoms. The number of rotatable bonds is 6. The second-order valence-electron chi connectivity index (χ2n) is 5.56. The zero-order valence-electron chi connectivity index (χ0n) is 12.9. The van der Waals surface area contributed by atoms with Crippen LogP contribution in [0.5, 0.6) is 0 Å². The maximum Gasteiger partial charge on any atom is 0.261 e. The molecule has 0 aliphatic carbocycles. The Balaban J connectivity index is 1.59. The lowest BCUT2D eigenvalue weighted by molar-refractivity contribution is -0.118. The lowest BCUT2D eigenvalue weighted by Crippen LogP contribution is -2.32. The van der Waals surface area contributed by atoms with Gasteiger partial charge in [-0.05, 0) is 12.1 Å². The highest BCUT2D eigenvalue weighted by Gasteiger charge is 2.34. The van der Waals surface area contributed by atoms with Gasteiger partial charge in [0.05, 0.1) is 17.5 Å². The van der Waals surface area contributed by atoms with E-state index in [9.17, 15) is 19.2 Å². The normalized spacial score (nSPS) is 13.1. The number of ketones is 2. The third-order valence-electron chi connectivity index (χ3n) is 3.95. The van der Waals surface area contributed by atoms with E-state index >= 15 is 0 Å². The molecule has 1 aliphatic heterocycles. The largest absolute Gasteiger partial charge is 0.299 e. The fraction of sp³-hybridized carbons (Fsp3) is 0.158. The Hall–Kier alpha value is -3.08. The van der Waals surface area contributed by atoms with E-state index in [0.717, 1.165) is 4.90 Å². The molecule has 1 heterocycles. The summed E-state index contributed by atoms with van der Waals surface area (Å²) in [6.07, 6.45) is -0.253. The van der Waals surface area contributed by atoms with Gasteiger partial charge in [-0.25, -0.2) is 0 Å². The van der Waals surface area contributed by atoms with Crippen molar-refractivity contribution in [2.24, 2.45) is 0 Å². The van der Waals surface area contributed by atoms with Crippen molar-refractivity contribution in [2.75, 3.05) is 6.54 Å². The smallest absolute Gasteiger partial charge is 0.261 e. The van der Waals surface area contributed by atoms with Gasteiger partial charge < -0.3 is 0 Å². The molecular formula is C19H15NO4. The molecular weight excluding hydrogens is 306 g/mol. The van der Waals surface area contributed by atoms with E-state index in [4.69, 9.17) is 0 Å². The number of benzene rings is 2. The molecule has 24 heavy (non-hydrogen) atoms. The first-order valence-corrected chi connectivity index (χ1v) is 7.63. The van der Waals surface area contributed by atoms with Crippen LogP contribution in [-0.4, -0.2) is 34.8 Å². The molecule has 0 radical (unpaired) electrons. The molecule has 5 nitrogen and oxygen atoms in total. The van der Waals surface area contributed by atoms with E-state index in [2.05, 4.69) is 0 Å². The fourth-order valence-electron chi connectivity index (χ4n) is 2.67. The van der Waals surface area contributed by atoms with Gasteiger partial charge in [0.25, 0.3) is 11.8 Å². The van der Waals surface area contributed by atoms with Crippen LogP contribution in [0.2, 0.25) is 0 Å². The molecule has 5 heteroatoms. The van der Waals surface area contributed by atoms with Gasteiger partial charge in [-0.15, -0.1) is 0 Å². The third-order valence-corrected chi connectivity index (χ3v) is 3.95. The van der Waals surface area contributed by atoms with E-state index < -0.39 is 11.8 Å². The third kappa shape index (κ3) is 3.01. The van der Waals surface area contributed by atoms with Crippen molar-refractivity contribution in [3.8, 4) is 0 Å². The van der Waals surface area contributed by atoms with Gasteiger partial charge in [-0.1, -0.05) is 42.5 Å². The van der Waals surface area contributed by atoms with Crippen LogP contribution < -0.4 is 0 Å². The van der Waals surface area contributed by atoms with E-state index in [1.54, 1.807) is 54.6 Å². The van der Waals surface area contributed by atoms with E-state index in [1.807, 2.05) is 0 Å². The minimum Gasteiger partial charge on any atom is -0.299 e. The number of amides is 2. The summed E-state index contributed by atoms with van der Waals surface area (Å²) in [5.41, 5.74) is 1.19.